The first-order valence-corrected chi connectivity index (χ1v) is 11.5. The number of anilines is 1. The molecule has 5 rings (SSSR count). The maximum absolute atomic E-state index is 12.6. The van der Waals surface area contributed by atoms with Crippen molar-refractivity contribution >= 4 is 39.2 Å². The molecule has 1 aromatic carbocycles. The highest BCUT2D eigenvalue weighted by atomic mass is 32.1. The van der Waals surface area contributed by atoms with Crippen LogP contribution in [-0.4, -0.2) is 39.8 Å². The lowest BCUT2D eigenvalue weighted by molar-refractivity contribution is -0.115. The van der Waals surface area contributed by atoms with E-state index in [0.29, 0.717) is 22.2 Å². The standard InChI is InChI=1S/C25H22N4O3S/c1-16-4-2-10-27-24(16)28-22(30)14-17-5-7-18(8-6-17)32-20-9-11-26-19-15-21(33-23(19)20)25(31)29-12-3-13-29/h2,4-11,15H,3,12-14H2,1H3,(H,27,28,30). The van der Waals surface area contributed by atoms with Crippen LogP contribution in [0.3, 0.4) is 0 Å². The molecule has 0 atom stereocenters. The summed E-state index contributed by atoms with van der Waals surface area (Å²) in [5.41, 5.74) is 2.54. The zero-order chi connectivity index (χ0) is 22.8. The molecule has 1 aliphatic heterocycles. The third-order valence-corrected chi connectivity index (χ3v) is 6.64. The van der Waals surface area contributed by atoms with Gasteiger partial charge in [0.15, 0.2) is 0 Å². The normalized spacial score (nSPS) is 12.9. The fraction of sp³-hybridized carbons (Fsp3) is 0.200. The van der Waals surface area contributed by atoms with Crippen LogP contribution >= 0.6 is 11.3 Å². The lowest BCUT2D eigenvalue weighted by Crippen LogP contribution is -2.41. The van der Waals surface area contributed by atoms with Gasteiger partial charge in [-0.25, -0.2) is 4.98 Å². The van der Waals surface area contributed by atoms with E-state index in [1.165, 1.54) is 11.3 Å². The molecule has 1 saturated heterocycles. The number of nitrogens with one attached hydrogen (secondary N) is 1. The third kappa shape index (κ3) is 4.56. The summed E-state index contributed by atoms with van der Waals surface area (Å²) in [5.74, 6) is 1.81. The first kappa shape index (κ1) is 21.1. The van der Waals surface area contributed by atoms with Gasteiger partial charge in [0, 0.05) is 31.5 Å². The quantitative estimate of drug-likeness (QED) is 0.448. The molecule has 0 aliphatic carbocycles. The number of aromatic nitrogens is 2. The van der Waals surface area contributed by atoms with Crippen molar-refractivity contribution in [1.29, 1.82) is 0 Å². The van der Waals surface area contributed by atoms with Crippen LogP contribution in [0, 0.1) is 6.92 Å². The van der Waals surface area contributed by atoms with Crippen LogP contribution in [-0.2, 0) is 11.2 Å². The molecule has 0 radical (unpaired) electrons. The van der Waals surface area contributed by atoms with Crippen LogP contribution < -0.4 is 10.1 Å². The lowest BCUT2D eigenvalue weighted by atomic mass is 10.1. The fourth-order valence-electron chi connectivity index (χ4n) is 3.56. The van der Waals surface area contributed by atoms with E-state index >= 15 is 0 Å². The molecule has 4 aromatic rings. The van der Waals surface area contributed by atoms with Gasteiger partial charge in [-0.05, 0) is 48.7 Å². The van der Waals surface area contributed by atoms with Crippen LogP contribution in [0.2, 0.25) is 0 Å². The Morgan fingerprint density at radius 1 is 1.09 bits per heavy atom. The lowest BCUT2D eigenvalue weighted by Gasteiger charge is -2.30. The molecular formula is C25H22N4O3S. The number of thiophene rings is 1. The van der Waals surface area contributed by atoms with Crippen molar-refractivity contribution in [3.63, 3.8) is 0 Å². The van der Waals surface area contributed by atoms with E-state index in [9.17, 15) is 9.59 Å². The number of hydrogen-bond acceptors (Lipinski definition) is 6. The number of likely N-dealkylation sites (tertiary alicyclic amines) is 1. The van der Waals surface area contributed by atoms with Gasteiger partial charge in [-0.3, -0.25) is 14.6 Å². The highest BCUT2D eigenvalue weighted by Gasteiger charge is 2.24. The Morgan fingerprint density at radius 2 is 1.91 bits per heavy atom. The Morgan fingerprint density at radius 3 is 2.64 bits per heavy atom. The molecule has 0 bridgehead atoms. The zero-order valence-electron chi connectivity index (χ0n) is 18.1. The van der Waals surface area contributed by atoms with Gasteiger partial charge in [-0.2, -0.15) is 0 Å². The topological polar surface area (TPSA) is 84.4 Å². The number of carbonyl (C=O) groups is 2. The molecule has 0 unspecified atom stereocenters. The molecule has 7 nitrogen and oxygen atoms in total. The molecule has 1 fully saturated rings. The van der Waals surface area contributed by atoms with Crippen molar-refractivity contribution in [2.75, 3.05) is 18.4 Å². The molecule has 0 spiro atoms. The van der Waals surface area contributed by atoms with Crippen molar-refractivity contribution in [3.05, 3.63) is 76.9 Å². The van der Waals surface area contributed by atoms with Crippen LogP contribution in [0.5, 0.6) is 11.5 Å². The number of hydrogen-bond donors (Lipinski definition) is 1. The molecule has 1 N–H and O–H groups in total. The molecule has 0 saturated carbocycles. The number of rotatable bonds is 6. The second-order valence-corrected chi connectivity index (χ2v) is 8.97. The minimum atomic E-state index is -0.126. The average molecular weight is 459 g/mol. The minimum absolute atomic E-state index is 0.0544. The van der Waals surface area contributed by atoms with Crippen molar-refractivity contribution in [1.82, 2.24) is 14.9 Å². The van der Waals surface area contributed by atoms with Gasteiger partial charge in [-0.1, -0.05) is 18.2 Å². The van der Waals surface area contributed by atoms with E-state index in [4.69, 9.17) is 4.74 Å². The van der Waals surface area contributed by atoms with Crippen molar-refractivity contribution in [2.24, 2.45) is 0 Å². The van der Waals surface area contributed by atoms with E-state index in [1.807, 2.05) is 54.3 Å². The molecule has 166 valence electrons. The maximum atomic E-state index is 12.6. The summed E-state index contributed by atoms with van der Waals surface area (Å²) in [6.45, 7) is 3.54. The Kier molecular flexibility index (Phi) is 5.75. The number of pyridine rings is 2. The van der Waals surface area contributed by atoms with Crippen LogP contribution in [0.15, 0.2) is 60.9 Å². The van der Waals surface area contributed by atoms with Crippen molar-refractivity contribution < 1.29 is 14.3 Å². The Balaban J connectivity index is 1.27. The van der Waals surface area contributed by atoms with E-state index in [-0.39, 0.29) is 18.2 Å². The van der Waals surface area contributed by atoms with Gasteiger partial charge in [0.1, 0.15) is 17.3 Å². The summed E-state index contributed by atoms with van der Waals surface area (Å²) in [5, 5.41) is 2.84. The predicted molar refractivity (Wildman–Crippen MR) is 128 cm³/mol. The maximum Gasteiger partial charge on any atom is 0.264 e. The monoisotopic (exact) mass is 458 g/mol. The Hall–Kier alpha value is -3.78. The highest BCUT2D eigenvalue weighted by molar-refractivity contribution is 7.21. The number of fused-ring (bicyclic) bond motifs is 1. The van der Waals surface area contributed by atoms with E-state index in [0.717, 1.165) is 40.9 Å². The number of nitrogens with zero attached hydrogens (tertiary/aromatic N) is 3. The third-order valence-electron chi connectivity index (χ3n) is 5.51. The van der Waals surface area contributed by atoms with Gasteiger partial charge in [0.05, 0.1) is 21.5 Å². The second-order valence-electron chi connectivity index (χ2n) is 7.92. The van der Waals surface area contributed by atoms with Gasteiger partial charge < -0.3 is 15.0 Å². The molecule has 33 heavy (non-hydrogen) atoms. The van der Waals surface area contributed by atoms with E-state index < -0.39 is 0 Å². The van der Waals surface area contributed by atoms with Crippen LogP contribution in [0.25, 0.3) is 10.2 Å². The second kappa shape index (κ2) is 8.99. The summed E-state index contributed by atoms with van der Waals surface area (Å²) in [6, 6.07) is 14.8. The van der Waals surface area contributed by atoms with Gasteiger partial charge in [0.25, 0.3) is 5.91 Å². The first-order valence-electron chi connectivity index (χ1n) is 10.7. The van der Waals surface area contributed by atoms with E-state index in [2.05, 4.69) is 15.3 Å². The predicted octanol–water partition coefficient (Wildman–Crippen LogP) is 4.82. The van der Waals surface area contributed by atoms with Gasteiger partial charge in [-0.15, -0.1) is 11.3 Å². The molecular weight excluding hydrogens is 436 g/mol. The fourth-order valence-corrected chi connectivity index (χ4v) is 4.59. The van der Waals surface area contributed by atoms with Crippen LogP contribution in [0.4, 0.5) is 5.82 Å². The molecule has 1 aliphatic rings. The number of carbonyl (C=O) groups excluding carboxylic acids is 2. The summed E-state index contributed by atoms with van der Waals surface area (Å²) in [4.78, 5) is 36.0. The van der Waals surface area contributed by atoms with Gasteiger partial charge >= 0.3 is 0 Å². The van der Waals surface area contributed by atoms with E-state index in [1.54, 1.807) is 18.5 Å². The SMILES string of the molecule is Cc1cccnc1NC(=O)Cc1ccc(Oc2ccnc3cc(C(=O)N4CCC4)sc23)cc1. The first-order chi connectivity index (χ1) is 16.1. The molecule has 8 heteroatoms. The van der Waals surface area contributed by atoms with Gasteiger partial charge in [0.2, 0.25) is 5.91 Å². The zero-order valence-corrected chi connectivity index (χ0v) is 18.9. The molecule has 2 amide bonds. The van der Waals surface area contributed by atoms with Crippen molar-refractivity contribution in [2.45, 2.75) is 19.8 Å². The number of benzene rings is 1. The molecule has 4 heterocycles. The molecule has 3 aromatic heterocycles. The summed E-state index contributed by atoms with van der Waals surface area (Å²) >= 11 is 1.40. The smallest absolute Gasteiger partial charge is 0.264 e. The van der Waals surface area contributed by atoms with Crippen LogP contribution in [0.1, 0.15) is 27.2 Å². The number of aryl methyl sites for hydroxylation is 1. The Bertz CT molecular complexity index is 1330. The Labute approximate surface area is 195 Å². The summed E-state index contributed by atoms with van der Waals surface area (Å²) < 4.78 is 6.93. The number of amides is 2. The highest BCUT2D eigenvalue weighted by Crippen LogP contribution is 2.35. The summed E-state index contributed by atoms with van der Waals surface area (Å²) in [6.07, 6.45) is 4.63. The largest absolute Gasteiger partial charge is 0.456 e. The average Bonchev–Trinajstić information content (AvgIpc) is 3.21. The summed E-state index contributed by atoms with van der Waals surface area (Å²) in [7, 11) is 0. The minimum Gasteiger partial charge on any atom is -0.456 e. The van der Waals surface area contributed by atoms with Crippen molar-refractivity contribution in [3.8, 4) is 11.5 Å². The number of ether oxygens (including phenoxy) is 1.